The van der Waals surface area contributed by atoms with Crippen molar-refractivity contribution in [3.63, 3.8) is 0 Å². The van der Waals surface area contributed by atoms with Crippen LogP contribution in [0.5, 0.6) is 0 Å². The highest BCUT2D eigenvalue weighted by Crippen LogP contribution is 2.47. The lowest BCUT2D eigenvalue weighted by Gasteiger charge is -2.13. The van der Waals surface area contributed by atoms with Crippen molar-refractivity contribution in [2.75, 3.05) is 0 Å². The number of hydrogen-bond acceptors (Lipinski definition) is 2. The lowest BCUT2D eigenvalue weighted by Crippen LogP contribution is -2.03. The molecule has 0 aliphatic heterocycles. The molecular weight excluding hydrogens is 248 g/mol. The molecule has 4 rings (SSSR count). The summed E-state index contributed by atoms with van der Waals surface area (Å²) < 4.78 is 0. The van der Waals surface area contributed by atoms with Crippen LogP contribution >= 0.6 is 0 Å². The van der Waals surface area contributed by atoms with Crippen LogP contribution in [0.15, 0.2) is 60.7 Å². The van der Waals surface area contributed by atoms with Gasteiger partial charge in [-0.3, -0.25) is 0 Å². The maximum Gasteiger partial charge on any atom is 0.110 e. The molecule has 3 aromatic carbocycles. The lowest BCUT2D eigenvalue weighted by atomic mass is 9.94. The molecule has 0 aromatic heterocycles. The molecule has 0 fully saturated rings. The summed E-state index contributed by atoms with van der Waals surface area (Å²) >= 11 is 0. The van der Waals surface area contributed by atoms with Crippen molar-refractivity contribution in [3.05, 3.63) is 71.8 Å². The Morgan fingerprint density at radius 1 is 0.700 bits per heavy atom. The van der Waals surface area contributed by atoms with E-state index in [1.165, 1.54) is 0 Å². The fourth-order valence-corrected chi connectivity index (χ4v) is 3.19. The molecule has 0 bridgehead atoms. The van der Waals surface area contributed by atoms with Crippen molar-refractivity contribution in [2.24, 2.45) is 0 Å². The number of aliphatic hydroxyl groups excluding tert-OH is 2. The normalized spacial score (nSPS) is 20.5. The third kappa shape index (κ3) is 1.46. The van der Waals surface area contributed by atoms with Crippen LogP contribution < -0.4 is 0 Å². The molecule has 98 valence electrons. The third-order valence-electron chi connectivity index (χ3n) is 4.12. The third-order valence-corrected chi connectivity index (χ3v) is 4.12. The second-order valence-electron chi connectivity index (χ2n) is 5.23. The summed E-state index contributed by atoms with van der Waals surface area (Å²) in [5.41, 5.74) is 3.72. The molecule has 2 atom stereocenters. The summed E-state index contributed by atoms with van der Waals surface area (Å²) in [6.07, 6.45) is -1.69. The summed E-state index contributed by atoms with van der Waals surface area (Å²) in [6.45, 7) is 0. The number of rotatable bonds is 1. The highest BCUT2D eigenvalue weighted by Gasteiger charge is 2.33. The van der Waals surface area contributed by atoms with E-state index in [0.29, 0.717) is 0 Å². The van der Waals surface area contributed by atoms with Crippen LogP contribution in [0.2, 0.25) is 0 Å². The van der Waals surface area contributed by atoms with Crippen molar-refractivity contribution < 1.29 is 10.2 Å². The molecule has 0 spiro atoms. The average molecular weight is 262 g/mol. The van der Waals surface area contributed by atoms with Crippen LogP contribution in [0.25, 0.3) is 21.9 Å². The molecule has 0 saturated heterocycles. The Labute approximate surface area is 116 Å². The van der Waals surface area contributed by atoms with Crippen LogP contribution in [-0.4, -0.2) is 10.2 Å². The van der Waals surface area contributed by atoms with Gasteiger partial charge in [-0.05, 0) is 33.0 Å². The first-order chi connectivity index (χ1) is 9.77. The quantitative estimate of drug-likeness (QED) is 0.703. The fraction of sp³-hybridized carbons (Fsp3) is 0.111. The van der Waals surface area contributed by atoms with Crippen molar-refractivity contribution in [2.45, 2.75) is 12.2 Å². The van der Waals surface area contributed by atoms with Crippen LogP contribution in [0.3, 0.4) is 0 Å². The van der Waals surface area contributed by atoms with E-state index in [4.69, 9.17) is 0 Å². The van der Waals surface area contributed by atoms with Crippen molar-refractivity contribution in [3.8, 4) is 11.1 Å². The van der Waals surface area contributed by atoms with Gasteiger partial charge in [-0.1, -0.05) is 60.7 Å². The molecular formula is C18H14O2. The van der Waals surface area contributed by atoms with Gasteiger partial charge in [-0.15, -0.1) is 0 Å². The van der Waals surface area contributed by atoms with Gasteiger partial charge in [0, 0.05) is 0 Å². The van der Waals surface area contributed by atoms with Gasteiger partial charge < -0.3 is 10.2 Å². The molecule has 0 heterocycles. The zero-order valence-corrected chi connectivity index (χ0v) is 10.8. The van der Waals surface area contributed by atoms with Crippen LogP contribution in [0.4, 0.5) is 0 Å². The highest BCUT2D eigenvalue weighted by molar-refractivity contribution is 5.97. The van der Waals surface area contributed by atoms with Gasteiger partial charge in [0.05, 0.1) is 0 Å². The number of aliphatic hydroxyl groups is 2. The second kappa shape index (κ2) is 4.17. The highest BCUT2D eigenvalue weighted by atomic mass is 16.3. The van der Waals surface area contributed by atoms with Crippen LogP contribution in [0, 0.1) is 0 Å². The van der Waals surface area contributed by atoms with Gasteiger partial charge >= 0.3 is 0 Å². The van der Waals surface area contributed by atoms with E-state index in [2.05, 4.69) is 6.07 Å². The number of benzene rings is 3. The zero-order chi connectivity index (χ0) is 13.7. The van der Waals surface area contributed by atoms with Crippen LogP contribution in [0.1, 0.15) is 23.3 Å². The first-order valence-electron chi connectivity index (χ1n) is 6.74. The fourth-order valence-electron chi connectivity index (χ4n) is 3.19. The van der Waals surface area contributed by atoms with E-state index in [1.807, 2.05) is 54.6 Å². The van der Waals surface area contributed by atoms with Gasteiger partial charge in [0.2, 0.25) is 0 Å². The van der Waals surface area contributed by atoms with Crippen LogP contribution in [-0.2, 0) is 0 Å². The molecule has 1 aliphatic rings. The second-order valence-corrected chi connectivity index (χ2v) is 5.23. The first-order valence-corrected chi connectivity index (χ1v) is 6.74. The molecule has 2 heteroatoms. The summed E-state index contributed by atoms with van der Waals surface area (Å²) in [7, 11) is 0. The molecule has 0 saturated carbocycles. The maximum atomic E-state index is 10.4. The van der Waals surface area contributed by atoms with Gasteiger partial charge in [-0.2, -0.15) is 0 Å². The summed E-state index contributed by atoms with van der Waals surface area (Å²) in [5, 5.41) is 22.7. The van der Waals surface area contributed by atoms with E-state index >= 15 is 0 Å². The minimum atomic E-state index is -0.855. The smallest absolute Gasteiger partial charge is 0.110 e. The van der Waals surface area contributed by atoms with E-state index < -0.39 is 12.2 Å². The lowest BCUT2D eigenvalue weighted by molar-refractivity contribution is 0.0256. The SMILES string of the molecule is O[C@@H]1c2c(-c3ccccc3)ccc3cccc(c23)[C@@H]1O. The van der Waals surface area contributed by atoms with E-state index in [0.717, 1.165) is 33.0 Å². The summed E-state index contributed by atoms with van der Waals surface area (Å²) in [4.78, 5) is 0. The maximum absolute atomic E-state index is 10.4. The Morgan fingerprint density at radius 3 is 2.30 bits per heavy atom. The molecule has 3 aromatic rings. The van der Waals surface area contributed by atoms with E-state index in [9.17, 15) is 10.2 Å². The topological polar surface area (TPSA) is 40.5 Å². The zero-order valence-electron chi connectivity index (χ0n) is 10.8. The minimum absolute atomic E-state index is 0.822. The molecule has 0 radical (unpaired) electrons. The Kier molecular flexibility index (Phi) is 2.43. The Balaban J connectivity index is 2.10. The molecule has 1 aliphatic carbocycles. The van der Waals surface area contributed by atoms with E-state index in [-0.39, 0.29) is 0 Å². The molecule has 2 N–H and O–H groups in total. The molecule has 2 nitrogen and oxygen atoms in total. The Morgan fingerprint density at radius 2 is 1.50 bits per heavy atom. The largest absolute Gasteiger partial charge is 0.385 e. The van der Waals surface area contributed by atoms with Gasteiger partial charge in [0.1, 0.15) is 12.2 Å². The summed E-state index contributed by atoms with van der Waals surface area (Å²) in [6, 6.07) is 19.9. The standard InChI is InChI=1S/C18H14O2/c19-17-14-8-4-7-12-9-10-13(11-5-2-1-3-6-11)16(15(12)14)18(17)20/h1-10,17-20H/t17-,18+/m0/s1. The monoisotopic (exact) mass is 262 g/mol. The summed E-state index contributed by atoms with van der Waals surface area (Å²) in [5.74, 6) is 0. The Bertz CT molecular complexity index is 793. The Hall–Kier alpha value is -2.16. The molecule has 0 unspecified atom stereocenters. The van der Waals surface area contributed by atoms with Gasteiger partial charge in [0.15, 0.2) is 0 Å². The molecule has 20 heavy (non-hydrogen) atoms. The average Bonchev–Trinajstić information content (AvgIpc) is 2.76. The van der Waals surface area contributed by atoms with E-state index in [1.54, 1.807) is 0 Å². The first kappa shape index (κ1) is 11.6. The van der Waals surface area contributed by atoms with Gasteiger partial charge in [0.25, 0.3) is 0 Å². The minimum Gasteiger partial charge on any atom is -0.385 e. The predicted octanol–water partition coefficient (Wildman–Crippen LogP) is 3.59. The predicted molar refractivity (Wildman–Crippen MR) is 79.3 cm³/mol. The molecule has 0 amide bonds. The van der Waals surface area contributed by atoms with Crippen molar-refractivity contribution in [1.29, 1.82) is 0 Å². The van der Waals surface area contributed by atoms with Crippen molar-refractivity contribution >= 4 is 10.8 Å². The number of hydrogen-bond donors (Lipinski definition) is 2. The van der Waals surface area contributed by atoms with Crippen molar-refractivity contribution in [1.82, 2.24) is 0 Å². The van der Waals surface area contributed by atoms with Gasteiger partial charge in [-0.25, -0.2) is 0 Å².